The summed E-state index contributed by atoms with van der Waals surface area (Å²) < 4.78 is 60.2. The maximum atomic E-state index is 12.8. The van der Waals surface area contributed by atoms with Gasteiger partial charge in [0, 0.05) is 26.7 Å². The van der Waals surface area contributed by atoms with Crippen LogP contribution in [0.15, 0.2) is 24.3 Å². The van der Waals surface area contributed by atoms with Crippen molar-refractivity contribution >= 4 is 11.8 Å². The fourth-order valence-electron chi connectivity index (χ4n) is 3.29. The van der Waals surface area contributed by atoms with E-state index >= 15 is 0 Å². The number of rotatable bonds is 9. The van der Waals surface area contributed by atoms with Crippen molar-refractivity contribution in [1.82, 2.24) is 9.80 Å². The number of carbonyl (C=O) groups excluding carboxylic acids is 2. The van der Waals surface area contributed by atoms with Gasteiger partial charge in [-0.25, -0.2) is 8.78 Å². The number of methoxy groups -OCH3 is 1. The van der Waals surface area contributed by atoms with Crippen LogP contribution >= 0.6 is 0 Å². The van der Waals surface area contributed by atoms with E-state index in [1.807, 2.05) is 0 Å². The van der Waals surface area contributed by atoms with Crippen LogP contribution in [0.1, 0.15) is 23.2 Å². The third-order valence-electron chi connectivity index (χ3n) is 4.63. The Labute approximate surface area is 166 Å². The average molecular weight is 420 g/mol. The van der Waals surface area contributed by atoms with Crippen LogP contribution in [0.5, 0.6) is 5.75 Å². The molecule has 1 aromatic rings. The number of hydrogen-bond acceptors (Lipinski definition) is 4. The lowest BCUT2D eigenvalue weighted by Crippen LogP contribution is -2.48. The molecule has 0 spiro atoms. The Kier molecular flexibility index (Phi) is 8.69. The molecule has 0 bridgehead atoms. The molecule has 2 amide bonds. The van der Waals surface area contributed by atoms with Crippen molar-refractivity contribution in [3.05, 3.63) is 29.8 Å². The topological polar surface area (TPSA) is 59.1 Å². The van der Waals surface area contributed by atoms with Gasteiger partial charge in [0.15, 0.2) is 0 Å². The summed E-state index contributed by atoms with van der Waals surface area (Å²) in [5, 5.41) is 0. The molecule has 1 atom stereocenters. The van der Waals surface area contributed by atoms with E-state index in [1.54, 1.807) is 0 Å². The Balaban J connectivity index is 2.11. The van der Waals surface area contributed by atoms with Gasteiger partial charge in [-0.1, -0.05) is 12.1 Å². The van der Waals surface area contributed by atoms with Crippen LogP contribution in [0.4, 0.5) is 17.6 Å². The number of halogens is 4. The van der Waals surface area contributed by atoms with Gasteiger partial charge in [0.1, 0.15) is 5.75 Å². The summed E-state index contributed by atoms with van der Waals surface area (Å²) >= 11 is 0. The van der Waals surface area contributed by atoms with Crippen molar-refractivity contribution in [3.63, 3.8) is 0 Å². The molecule has 1 aliphatic rings. The molecule has 1 heterocycles. The summed E-state index contributed by atoms with van der Waals surface area (Å²) in [6, 6.07) is 5.62. The van der Waals surface area contributed by atoms with E-state index in [0.717, 1.165) is 4.90 Å². The highest BCUT2D eigenvalue weighted by Gasteiger charge is 2.33. The minimum absolute atomic E-state index is 0.0212. The number of alkyl halides is 4. The van der Waals surface area contributed by atoms with Gasteiger partial charge < -0.3 is 19.3 Å². The second kappa shape index (κ2) is 11.0. The van der Waals surface area contributed by atoms with Crippen molar-refractivity contribution in [2.24, 2.45) is 5.92 Å². The van der Waals surface area contributed by atoms with Gasteiger partial charge in [-0.3, -0.25) is 9.59 Å². The van der Waals surface area contributed by atoms with Crippen LogP contribution in [0.2, 0.25) is 0 Å². The first-order chi connectivity index (χ1) is 13.8. The molecule has 0 aromatic heterocycles. The Hall–Kier alpha value is -2.36. The average Bonchev–Trinajstić information content (AvgIpc) is 2.70. The van der Waals surface area contributed by atoms with Crippen molar-refractivity contribution in [2.75, 3.05) is 39.9 Å². The maximum Gasteiger partial charge on any atom is 0.387 e. The van der Waals surface area contributed by atoms with Crippen molar-refractivity contribution < 1.29 is 36.6 Å². The van der Waals surface area contributed by atoms with Crippen LogP contribution in [-0.2, 0) is 9.53 Å². The van der Waals surface area contributed by atoms with Gasteiger partial charge in [-0.15, -0.1) is 0 Å². The highest BCUT2D eigenvalue weighted by Crippen LogP contribution is 2.26. The number of nitrogens with zero attached hydrogens (tertiary/aromatic N) is 2. The fourth-order valence-corrected chi connectivity index (χ4v) is 3.29. The van der Waals surface area contributed by atoms with Crippen molar-refractivity contribution in [1.29, 1.82) is 0 Å². The first-order valence-electron chi connectivity index (χ1n) is 9.22. The molecule has 162 valence electrons. The molecule has 1 aliphatic heterocycles. The summed E-state index contributed by atoms with van der Waals surface area (Å²) in [6.07, 6.45) is -1.74. The van der Waals surface area contributed by atoms with Crippen LogP contribution in [0, 0.1) is 5.92 Å². The summed E-state index contributed by atoms with van der Waals surface area (Å²) in [6.45, 7) is -3.30. The van der Waals surface area contributed by atoms with Gasteiger partial charge in [-0.2, -0.15) is 8.78 Å². The smallest absolute Gasteiger partial charge is 0.387 e. The lowest BCUT2D eigenvalue weighted by atomic mass is 9.95. The fraction of sp³-hybridized carbons (Fsp3) is 0.579. The normalized spacial score (nSPS) is 16.9. The zero-order chi connectivity index (χ0) is 21.4. The summed E-state index contributed by atoms with van der Waals surface area (Å²) in [5.41, 5.74) is -0.0373. The van der Waals surface area contributed by atoms with Crippen molar-refractivity contribution in [2.45, 2.75) is 25.9 Å². The lowest BCUT2D eigenvalue weighted by molar-refractivity contribution is -0.139. The maximum absolute atomic E-state index is 12.8. The Morgan fingerprint density at radius 1 is 1.24 bits per heavy atom. The minimum atomic E-state index is -3.08. The van der Waals surface area contributed by atoms with E-state index in [9.17, 15) is 27.2 Å². The van der Waals surface area contributed by atoms with Crippen LogP contribution in [-0.4, -0.2) is 74.5 Å². The van der Waals surface area contributed by atoms with Crippen LogP contribution < -0.4 is 4.74 Å². The van der Waals surface area contributed by atoms with E-state index in [0.29, 0.717) is 19.4 Å². The number of amides is 2. The SMILES string of the molecule is COCCN(CC(F)F)C(=O)C1CCCN(C(=O)c2ccccc2OC(F)F)C1. The predicted molar refractivity (Wildman–Crippen MR) is 96.2 cm³/mol. The molecular formula is C19H24F4N2O4. The number of hydrogen-bond donors (Lipinski definition) is 0. The van der Waals surface area contributed by atoms with E-state index < -0.39 is 37.3 Å². The molecule has 1 unspecified atom stereocenters. The van der Waals surface area contributed by atoms with Gasteiger partial charge >= 0.3 is 6.61 Å². The lowest BCUT2D eigenvalue weighted by Gasteiger charge is -2.35. The van der Waals surface area contributed by atoms with Crippen LogP contribution in [0.3, 0.4) is 0 Å². The summed E-state index contributed by atoms with van der Waals surface area (Å²) in [5.74, 6) is -1.92. The van der Waals surface area contributed by atoms with E-state index in [1.165, 1.54) is 36.3 Å². The molecule has 1 saturated heterocycles. The Morgan fingerprint density at radius 2 is 1.97 bits per heavy atom. The van der Waals surface area contributed by atoms with Crippen molar-refractivity contribution in [3.8, 4) is 5.75 Å². The first-order valence-corrected chi connectivity index (χ1v) is 9.22. The zero-order valence-electron chi connectivity index (χ0n) is 16.0. The minimum Gasteiger partial charge on any atom is -0.434 e. The monoisotopic (exact) mass is 420 g/mol. The number of para-hydroxylation sites is 1. The molecule has 0 N–H and O–H groups in total. The number of likely N-dealkylation sites (tertiary alicyclic amines) is 1. The first kappa shape index (κ1) is 22.9. The highest BCUT2D eigenvalue weighted by atomic mass is 19.3. The van der Waals surface area contributed by atoms with Gasteiger partial charge in [0.2, 0.25) is 5.91 Å². The van der Waals surface area contributed by atoms with E-state index in [4.69, 9.17) is 4.74 Å². The second-order valence-electron chi connectivity index (χ2n) is 6.63. The molecule has 0 aliphatic carbocycles. The molecule has 2 rings (SSSR count). The third kappa shape index (κ3) is 6.59. The number of piperidine rings is 1. The quantitative estimate of drug-likeness (QED) is 0.577. The standard InChI is InChI=1S/C19H24F4N2O4/c1-28-10-9-25(12-16(20)21)17(26)13-5-4-8-24(11-13)18(27)14-6-2-3-7-15(14)29-19(22)23/h2-3,6-7,13,16,19H,4-5,8-12H2,1H3. The van der Waals surface area contributed by atoms with Gasteiger partial charge in [-0.05, 0) is 25.0 Å². The van der Waals surface area contributed by atoms with E-state index in [-0.39, 0.29) is 31.0 Å². The molecule has 1 aromatic carbocycles. The second-order valence-corrected chi connectivity index (χ2v) is 6.63. The zero-order valence-corrected chi connectivity index (χ0v) is 16.0. The van der Waals surface area contributed by atoms with Gasteiger partial charge in [0.05, 0.1) is 24.6 Å². The van der Waals surface area contributed by atoms with E-state index in [2.05, 4.69) is 4.74 Å². The Morgan fingerprint density at radius 3 is 2.62 bits per heavy atom. The van der Waals surface area contributed by atoms with Gasteiger partial charge in [0.25, 0.3) is 12.3 Å². The molecule has 0 saturated carbocycles. The highest BCUT2D eigenvalue weighted by molar-refractivity contribution is 5.97. The third-order valence-corrected chi connectivity index (χ3v) is 4.63. The molecule has 0 radical (unpaired) electrons. The molecular weight excluding hydrogens is 396 g/mol. The Bertz CT molecular complexity index is 690. The largest absolute Gasteiger partial charge is 0.434 e. The molecule has 10 heteroatoms. The molecule has 6 nitrogen and oxygen atoms in total. The summed E-state index contributed by atoms with van der Waals surface area (Å²) in [4.78, 5) is 28.0. The number of ether oxygens (including phenoxy) is 2. The molecule has 1 fully saturated rings. The van der Waals surface area contributed by atoms with Crippen LogP contribution in [0.25, 0.3) is 0 Å². The predicted octanol–water partition coefficient (Wildman–Crippen LogP) is 2.88. The molecule has 29 heavy (non-hydrogen) atoms. The number of carbonyl (C=O) groups is 2. The summed E-state index contributed by atoms with van der Waals surface area (Å²) in [7, 11) is 1.41. The number of benzene rings is 1.